The molecule has 0 bridgehead atoms. The fraction of sp³-hybridized carbons (Fsp3) is 0.263. The number of nitrogens with zero attached hydrogens (tertiary/aromatic N) is 1. The smallest absolute Gasteiger partial charge is 0.261 e. The summed E-state index contributed by atoms with van der Waals surface area (Å²) in [5.74, 6) is 0.406. The third-order valence-corrected chi connectivity index (χ3v) is 3.90. The van der Waals surface area contributed by atoms with Crippen LogP contribution in [0.4, 0.5) is 0 Å². The molecule has 4 heteroatoms. The summed E-state index contributed by atoms with van der Waals surface area (Å²) in [5.41, 5.74) is 1.57. The summed E-state index contributed by atoms with van der Waals surface area (Å²) in [6, 6.07) is 17.2. The Kier molecular flexibility index (Phi) is 4.71. The van der Waals surface area contributed by atoms with Gasteiger partial charge in [0, 0.05) is 12.6 Å². The summed E-state index contributed by atoms with van der Waals surface area (Å²) >= 11 is 0. The lowest BCUT2D eigenvalue weighted by molar-refractivity contribution is -0.134. The number of benzene rings is 2. The minimum Gasteiger partial charge on any atom is -0.483 e. The first-order valence-electron chi connectivity index (χ1n) is 7.78. The van der Waals surface area contributed by atoms with Crippen LogP contribution in [-0.2, 0) is 11.3 Å². The molecule has 0 radical (unpaired) electrons. The predicted molar refractivity (Wildman–Crippen MR) is 87.3 cm³/mol. The van der Waals surface area contributed by atoms with Crippen molar-refractivity contribution in [1.29, 1.82) is 0 Å². The van der Waals surface area contributed by atoms with Crippen molar-refractivity contribution in [3.8, 4) is 5.75 Å². The van der Waals surface area contributed by atoms with Crippen molar-refractivity contribution in [2.24, 2.45) is 0 Å². The van der Waals surface area contributed by atoms with Gasteiger partial charge in [0.1, 0.15) is 5.75 Å². The lowest BCUT2D eigenvalue weighted by atomic mass is 10.2. The maximum atomic E-state index is 12.5. The number of amides is 1. The molecule has 1 fully saturated rings. The molecule has 2 aromatic carbocycles. The van der Waals surface area contributed by atoms with Crippen LogP contribution in [0, 0.1) is 0 Å². The lowest BCUT2D eigenvalue weighted by Crippen LogP contribution is -2.36. The molecule has 0 saturated heterocycles. The molecular weight excluding hydrogens is 290 g/mol. The van der Waals surface area contributed by atoms with Gasteiger partial charge < -0.3 is 9.64 Å². The Bertz CT molecular complexity index is 680. The van der Waals surface area contributed by atoms with E-state index >= 15 is 0 Å². The first-order chi connectivity index (χ1) is 11.3. The Morgan fingerprint density at radius 1 is 1.09 bits per heavy atom. The number of hydrogen-bond donors (Lipinski definition) is 0. The zero-order chi connectivity index (χ0) is 16.1. The minimum atomic E-state index is -0.0474. The van der Waals surface area contributed by atoms with Crippen molar-refractivity contribution in [1.82, 2.24) is 4.90 Å². The molecule has 1 aliphatic carbocycles. The van der Waals surface area contributed by atoms with Crippen LogP contribution in [0.5, 0.6) is 5.75 Å². The summed E-state index contributed by atoms with van der Waals surface area (Å²) < 4.78 is 5.56. The van der Waals surface area contributed by atoms with E-state index in [0.29, 0.717) is 23.9 Å². The fourth-order valence-electron chi connectivity index (χ4n) is 2.52. The standard InChI is InChI=1S/C19H19NO3/c21-13-16-8-4-5-9-18(16)23-14-19(22)20(17-10-11-17)12-15-6-2-1-3-7-15/h1-9,13,17H,10-12,14H2. The highest BCUT2D eigenvalue weighted by Gasteiger charge is 2.32. The molecule has 1 aliphatic rings. The van der Waals surface area contributed by atoms with E-state index in [4.69, 9.17) is 4.74 Å². The molecule has 0 N–H and O–H groups in total. The Morgan fingerprint density at radius 2 is 1.78 bits per heavy atom. The number of hydrogen-bond acceptors (Lipinski definition) is 3. The highest BCUT2D eigenvalue weighted by Crippen LogP contribution is 2.28. The second-order valence-electron chi connectivity index (χ2n) is 5.68. The van der Waals surface area contributed by atoms with Crippen molar-refractivity contribution in [3.63, 3.8) is 0 Å². The predicted octanol–water partition coefficient (Wildman–Crippen LogP) is 3.07. The molecule has 2 aromatic rings. The average Bonchev–Trinajstić information content (AvgIpc) is 3.43. The summed E-state index contributed by atoms with van der Waals surface area (Å²) in [7, 11) is 0. The highest BCUT2D eigenvalue weighted by atomic mass is 16.5. The first kappa shape index (κ1) is 15.3. The molecule has 0 unspecified atom stereocenters. The molecular formula is C19H19NO3. The SMILES string of the molecule is O=Cc1ccccc1OCC(=O)N(Cc1ccccc1)C1CC1. The van der Waals surface area contributed by atoms with Gasteiger partial charge in [0.05, 0.1) is 5.56 Å². The zero-order valence-electron chi connectivity index (χ0n) is 12.9. The quantitative estimate of drug-likeness (QED) is 0.738. The van der Waals surface area contributed by atoms with E-state index in [9.17, 15) is 9.59 Å². The van der Waals surface area contributed by atoms with Crippen molar-refractivity contribution in [2.45, 2.75) is 25.4 Å². The molecule has 0 heterocycles. The van der Waals surface area contributed by atoms with E-state index in [2.05, 4.69) is 0 Å². The molecule has 3 rings (SSSR count). The number of aldehydes is 1. The van der Waals surface area contributed by atoms with E-state index in [0.717, 1.165) is 24.7 Å². The van der Waals surface area contributed by atoms with Gasteiger partial charge >= 0.3 is 0 Å². The Balaban J connectivity index is 1.64. The van der Waals surface area contributed by atoms with Gasteiger partial charge in [-0.25, -0.2) is 0 Å². The van der Waals surface area contributed by atoms with Crippen LogP contribution < -0.4 is 4.74 Å². The molecule has 0 atom stereocenters. The van der Waals surface area contributed by atoms with Crippen LogP contribution in [0.3, 0.4) is 0 Å². The van der Waals surface area contributed by atoms with Gasteiger partial charge in [0.2, 0.25) is 0 Å². The molecule has 4 nitrogen and oxygen atoms in total. The van der Waals surface area contributed by atoms with Crippen molar-refractivity contribution in [2.75, 3.05) is 6.61 Å². The topological polar surface area (TPSA) is 46.6 Å². The normalized spacial score (nSPS) is 13.4. The van der Waals surface area contributed by atoms with Gasteiger partial charge in [-0.1, -0.05) is 42.5 Å². The Labute approximate surface area is 135 Å². The summed E-state index contributed by atoms with van der Waals surface area (Å²) in [4.78, 5) is 25.4. The third-order valence-electron chi connectivity index (χ3n) is 3.90. The second-order valence-corrected chi connectivity index (χ2v) is 5.68. The van der Waals surface area contributed by atoms with Crippen molar-refractivity contribution < 1.29 is 14.3 Å². The summed E-state index contributed by atoms with van der Waals surface area (Å²) in [6.07, 6.45) is 2.83. The summed E-state index contributed by atoms with van der Waals surface area (Å²) in [6.45, 7) is 0.553. The van der Waals surface area contributed by atoms with Gasteiger partial charge in [0.15, 0.2) is 12.9 Å². The summed E-state index contributed by atoms with van der Waals surface area (Å²) in [5, 5.41) is 0. The highest BCUT2D eigenvalue weighted by molar-refractivity contribution is 5.81. The monoisotopic (exact) mass is 309 g/mol. The fourth-order valence-corrected chi connectivity index (χ4v) is 2.52. The van der Waals surface area contributed by atoms with Gasteiger partial charge in [-0.3, -0.25) is 9.59 Å². The number of para-hydroxylation sites is 1. The molecule has 0 aromatic heterocycles. The Hall–Kier alpha value is -2.62. The van der Waals surface area contributed by atoms with E-state index < -0.39 is 0 Å². The van der Waals surface area contributed by atoms with Crippen LogP contribution >= 0.6 is 0 Å². The maximum absolute atomic E-state index is 12.5. The lowest BCUT2D eigenvalue weighted by Gasteiger charge is -2.23. The second kappa shape index (κ2) is 7.09. The van der Waals surface area contributed by atoms with Crippen molar-refractivity contribution in [3.05, 3.63) is 65.7 Å². The first-order valence-corrected chi connectivity index (χ1v) is 7.78. The van der Waals surface area contributed by atoms with Crippen molar-refractivity contribution >= 4 is 12.2 Å². The molecule has 0 aliphatic heterocycles. The molecule has 23 heavy (non-hydrogen) atoms. The average molecular weight is 309 g/mol. The van der Waals surface area contributed by atoms with Crippen LogP contribution in [0.2, 0.25) is 0 Å². The van der Waals surface area contributed by atoms with Gasteiger partial charge in [-0.05, 0) is 30.5 Å². The number of carbonyl (C=O) groups excluding carboxylic acids is 2. The van der Waals surface area contributed by atoms with Gasteiger partial charge in [0.25, 0.3) is 5.91 Å². The Morgan fingerprint density at radius 3 is 2.48 bits per heavy atom. The third kappa shape index (κ3) is 3.97. The minimum absolute atomic E-state index is 0.0444. The molecule has 118 valence electrons. The van der Waals surface area contributed by atoms with E-state index in [1.165, 1.54) is 0 Å². The molecule has 0 spiro atoms. The number of carbonyl (C=O) groups is 2. The van der Waals surface area contributed by atoms with E-state index in [1.807, 2.05) is 35.2 Å². The van der Waals surface area contributed by atoms with Crippen LogP contribution in [-0.4, -0.2) is 29.7 Å². The van der Waals surface area contributed by atoms with Gasteiger partial charge in [-0.15, -0.1) is 0 Å². The van der Waals surface area contributed by atoms with E-state index in [-0.39, 0.29) is 12.5 Å². The maximum Gasteiger partial charge on any atom is 0.261 e. The van der Waals surface area contributed by atoms with Crippen LogP contribution in [0.25, 0.3) is 0 Å². The molecule has 1 amide bonds. The van der Waals surface area contributed by atoms with Crippen LogP contribution in [0.15, 0.2) is 54.6 Å². The van der Waals surface area contributed by atoms with E-state index in [1.54, 1.807) is 24.3 Å². The number of rotatable bonds is 7. The number of ether oxygens (including phenoxy) is 1. The zero-order valence-corrected chi connectivity index (χ0v) is 12.9. The molecule has 1 saturated carbocycles. The van der Waals surface area contributed by atoms with Gasteiger partial charge in [-0.2, -0.15) is 0 Å². The van der Waals surface area contributed by atoms with Crippen LogP contribution in [0.1, 0.15) is 28.8 Å². The largest absolute Gasteiger partial charge is 0.483 e.